The Bertz CT molecular complexity index is 1310. The van der Waals surface area contributed by atoms with Crippen LogP contribution in [0.5, 0.6) is 0 Å². The maximum atomic E-state index is 12.3. The summed E-state index contributed by atoms with van der Waals surface area (Å²) in [7, 11) is 0. The maximum Gasteiger partial charge on any atom is 0.415 e. The summed E-state index contributed by atoms with van der Waals surface area (Å²) < 4.78 is 10.6. The van der Waals surface area contributed by atoms with Gasteiger partial charge in [-0.05, 0) is 75.6 Å². The lowest BCUT2D eigenvalue weighted by Crippen LogP contribution is -2.37. The molecule has 2 heterocycles. The van der Waals surface area contributed by atoms with E-state index in [1.54, 1.807) is 23.2 Å². The maximum absolute atomic E-state index is 12.3. The predicted molar refractivity (Wildman–Crippen MR) is 153 cm³/mol. The molecule has 1 unspecified atom stereocenters. The minimum absolute atomic E-state index is 0.0634. The second-order valence-electron chi connectivity index (χ2n) is 10.8. The molecule has 1 aromatic heterocycles. The van der Waals surface area contributed by atoms with E-state index < -0.39 is 11.7 Å². The van der Waals surface area contributed by atoms with Crippen LogP contribution in [0.1, 0.15) is 53.1 Å². The molecule has 39 heavy (non-hydrogen) atoms. The van der Waals surface area contributed by atoms with Crippen molar-refractivity contribution >= 4 is 41.0 Å². The van der Waals surface area contributed by atoms with Crippen molar-refractivity contribution in [1.82, 2.24) is 9.97 Å². The molecule has 10 heteroatoms. The van der Waals surface area contributed by atoms with Gasteiger partial charge in [0.15, 0.2) is 0 Å². The number of benzene rings is 2. The first-order chi connectivity index (χ1) is 18.5. The summed E-state index contributed by atoms with van der Waals surface area (Å²) in [6, 6.07) is 17.0. The molecule has 1 fully saturated rings. The van der Waals surface area contributed by atoms with Gasteiger partial charge < -0.3 is 20.1 Å². The van der Waals surface area contributed by atoms with Gasteiger partial charge in [-0.15, -0.1) is 0 Å². The van der Waals surface area contributed by atoms with E-state index in [1.807, 2.05) is 70.2 Å². The molecule has 1 saturated heterocycles. The Hall–Kier alpha value is -4.34. The Labute approximate surface area is 229 Å². The van der Waals surface area contributed by atoms with Gasteiger partial charge in [0.25, 0.3) is 0 Å². The van der Waals surface area contributed by atoms with Crippen LogP contribution in [0.15, 0.2) is 60.8 Å². The zero-order chi connectivity index (χ0) is 28.2. The lowest BCUT2D eigenvalue weighted by atomic mass is 10.0. The van der Waals surface area contributed by atoms with Crippen LogP contribution in [0.4, 0.5) is 38.4 Å². The molecule has 0 saturated carbocycles. The average molecular weight is 533 g/mol. The van der Waals surface area contributed by atoms with E-state index in [2.05, 4.69) is 39.8 Å². The Morgan fingerprint density at radius 2 is 1.77 bits per heavy atom. The third-order valence-electron chi connectivity index (χ3n) is 6.12. The fraction of sp³-hybridized carbons (Fsp3) is 0.379. The standard InChI is InChI=1S/C29H36N6O4/c1-18(2)24-17-38-28(37)35(24)25-14-15-30-26(34-25)31-19(3)20-10-12-21(13-11-20)32-22-8-7-9-23(16-22)33-27(36)39-29(4,5)6/h7-16,18-19,24,32H,17H2,1-6H3,(H,33,36)(H,30,31,34)/t19?,24-/m1/s1. The summed E-state index contributed by atoms with van der Waals surface area (Å²) in [4.78, 5) is 34.9. The van der Waals surface area contributed by atoms with Gasteiger partial charge in [-0.2, -0.15) is 4.98 Å². The third-order valence-corrected chi connectivity index (χ3v) is 6.12. The molecule has 3 N–H and O–H groups in total. The van der Waals surface area contributed by atoms with Crippen LogP contribution in [0.3, 0.4) is 0 Å². The molecule has 2 aromatic carbocycles. The fourth-order valence-corrected chi connectivity index (χ4v) is 4.14. The summed E-state index contributed by atoms with van der Waals surface area (Å²) in [5.74, 6) is 1.18. The van der Waals surface area contributed by atoms with Crippen LogP contribution < -0.4 is 20.9 Å². The summed E-state index contributed by atoms with van der Waals surface area (Å²) in [5, 5.41) is 9.42. The van der Waals surface area contributed by atoms with Crippen molar-refractivity contribution in [2.45, 2.75) is 59.2 Å². The minimum Gasteiger partial charge on any atom is -0.447 e. The third kappa shape index (κ3) is 7.37. The number of aromatic nitrogens is 2. The number of rotatable bonds is 8. The number of anilines is 5. The first-order valence-corrected chi connectivity index (χ1v) is 13.0. The molecule has 0 spiro atoms. The van der Waals surface area contributed by atoms with E-state index in [9.17, 15) is 9.59 Å². The molecule has 1 aliphatic heterocycles. The summed E-state index contributed by atoms with van der Waals surface area (Å²) in [6.45, 7) is 11.9. The Balaban J connectivity index is 1.38. The summed E-state index contributed by atoms with van der Waals surface area (Å²) >= 11 is 0. The number of nitrogens with one attached hydrogen (secondary N) is 3. The lowest BCUT2D eigenvalue weighted by Gasteiger charge is -2.23. The highest BCUT2D eigenvalue weighted by Crippen LogP contribution is 2.27. The van der Waals surface area contributed by atoms with Crippen molar-refractivity contribution in [2.24, 2.45) is 5.92 Å². The number of carbonyl (C=O) groups excluding carboxylic acids is 2. The SMILES string of the molecule is CC(Nc1nccc(N2C(=O)OC[C@@H]2C(C)C)n1)c1ccc(Nc2cccc(NC(=O)OC(C)(C)C)c2)cc1. The van der Waals surface area contributed by atoms with Crippen LogP contribution in [0.2, 0.25) is 0 Å². The predicted octanol–water partition coefficient (Wildman–Crippen LogP) is 6.72. The Morgan fingerprint density at radius 1 is 1.05 bits per heavy atom. The van der Waals surface area contributed by atoms with Crippen LogP contribution in [-0.2, 0) is 9.47 Å². The number of ether oxygens (including phenoxy) is 2. The number of hydrogen-bond donors (Lipinski definition) is 3. The summed E-state index contributed by atoms with van der Waals surface area (Å²) in [5.41, 5.74) is 2.82. The first-order valence-electron chi connectivity index (χ1n) is 13.0. The molecular formula is C29H36N6O4. The molecular weight excluding hydrogens is 496 g/mol. The highest BCUT2D eigenvalue weighted by molar-refractivity contribution is 5.89. The molecule has 10 nitrogen and oxygen atoms in total. The first kappa shape index (κ1) is 27.7. The van der Waals surface area contributed by atoms with E-state index in [4.69, 9.17) is 9.47 Å². The smallest absolute Gasteiger partial charge is 0.415 e. The van der Waals surface area contributed by atoms with Crippen LogP contribution in [0, 0.1) is 5.92 Å². The zero-order valence-electron chi connectivity index (χ0n) is 23.2. The van der Waals surface area contributed by atoms with E-state index in [0.29, 0.717) is 24.1 Å². The fourth-order valence-electron chi connectivity index (χ4n) is 4.14. The van der Waals surface area contributed by atoms with Crippen molar-refractivity contribution in [3.63, 3.8) is 0 Å². The number of cyclic esters (lactones) is 1. The number of nitrogens with zero attached hydrogens (tertiary/aromatic N) is 3. The highest BCUT2D eigenvalue weighted by atomic mass is 16.6. The van der Waals surface area contributed by atoms with Crippen molar-refractivity contribution in [3.05, 3.63) is 66.4 Å². The van der Waals surface area contributed by atoms with Gasteiger partial charge in [0.2, 0.25) is 5.95 Å². The normalized spacial score (nSPS) is 16.0. The largest absolute Gasteiger partial charge is 0.447 e. The molecule has 4 rings (SSSR count). The number of amides is 2. The Kier molecular flexibility index (Phi) is 8.23. The van der Waals surface area contributed by atoms with Gasteiger partial charge in [0, 0.05) is 23.3 Å². The molecule has 2 amide bonds. The second-order valence-corrected chi connectivity index (χ2v) is 10.8. The zero-order valence-corrected chi connectivity index (χ0v) is 23.2. The van der Waals surface area contributed by atoms with Gasteiger partial charge in [-0.25, -0.2) is 14.6 Å². The van der Waals surface area contributed by atoms with Gasteiger partial charge in [0.05, 0.1) is 12.1 Å². The molecule has 0 radical (unpaired) electrons. The van der Waals surface area contributed by atoms with E-state index in [0.717, 1.165) is 16.9 Å². The highest BCUT2D eigenvalue weighted by Gasteiger charge is 2.37. The lowest BCUT2D eigenvalue weighted by molar-refractivity contribution is 0.0636. The molecule has 0 aliphatic carbocycles. The van der Waals surface area contributed by atoms with Crippen LogP contribution >= 0.6 is 0 Å². The van der Waals surface area contributed by atoms with Gasteiger partial charge >= 0.3 is 12.2 Å². The molecule has 2 atom stereocenters. The molecule has 1 aliphatic rings. The second kappa shape index (κ2) is 11.6. The Morgan fingerprint density at radius 3 is 2.46 bits per heavy atom. The number of hydrogen-bond acceptors (Lipinski definition) is 8. The average Bonchev–Trinajstić information content (AvgIpc) is 3.25. The van der Waals surface area contributed by atoms with Crippen molar-refractivity contribution < 1.29 is 19.1 Å². The monoisotopic (exact) mass is 532 g/mol. The van der Waals surface area contributed by atoms with Crippen LogP contribution in [0.25, 0.3) is 0 Å². The van der Waals surface area contributed by atoms with E-state index in [-0.39, 0.29) is 24.1 Å². The van der Waals surface area contributed by atoms with Crippen molar-refractivity contribution in [3.8, 4) is 0 Å². The molecule has 206 valence electrons. The molecule has 0 bridgehead atoms. The summed E-state index contributed by atoms with van der Waals surface area (Å²) in [6.07, 6.45) is 0.750. The van der Waals surface area contributed by atoms with Gasteiger partial charge in [0.1, 0.15) is 18.0 Å². The van der Waals surface area contributed by atoms with E-state index >= 15 is 0 Å². The molecule has 3 aromatic rings. The topological polar surface area (TPSA) is 118 Å². The van der Waals surface area contributed by atoms with Crippen molar-refractivity contribution in [1.29, 1.82) is 0 Å². The van der Waals surface area contributed by atoms with E-state index in [1.165, 1.54) is 0 Å². The van der Waals surface area contributed by atoms with Crippen LogP contribution in [-0.4, -0.2) is 40.4 Å². The number of carbonyl (C=O) groups is 2. The quantitative estimate of drug-likeness (QED) is 0.293. The van der Waals surface area contributed by atoms with Gasteiger partial charge in [-0.1, -0.05) is 32.0 Å². The van der Waals surface area contributed by atoms with Gasteiger partial charge in [-0.3, -0.25) is 10.2 Å². The van der Waals surface area contributed by atoms with Crippen molar-refractivity contribution in [2.75, 3.05) is 27.5 Å². The minimum atomic E-state index is -0.568.